The first-order valence-electron chi connectivity index (χ1n) is 11.5. The predicted octanol–water partition coefficient (Wildman–Crippen LogP) is 2.47. The summed E-state index contributed by atoms with van der Waals surface area (Å²) >= 11 is 0. The van der Waals surface area contributed by atoms with Crippen molar-refractivity contribution >= 4 is 29.6 Å². The molecule has 1 N–H and O–H groups in total. The van der Waals surface area contributed by atoms with Crippen molar-refractivity contribution in [2.75, 3.05) is 25.0 Å². The zero-order valence-corrected chi connectivity index (χ0v) is 19.2. The molecule has 33 heavy (non-hydrogen) atoms. The lowest BCUT2D eigenvalue weighted by Gasteiger charge is -2.34. The van der Waals surface area contributed by atoms with Gasteiger partial charge >= 0.3 is 0 Å². The van der Waals surface area contributed by atoms with Crippen LogP contribution in [0.4, 0.5) is 10.1 Å². The van der Waals surface area contributed by atoms with E-state index in [4.69, 9.17) is 0 Å². The fourth-order valence-corrected chi connectivity index (χ4v) is 5.68. The van der Waals surface area contributed by atoms with Gasteiger partial charge in [0.05, 0.1) is 17.4 Å². The molecular formula is C25H29FN4O3. The normalized spacial score (nSPS) is 29.3. The van der Waals surface area contributed by atoms with Crippen LogP contribution in [0.2, 0.25) is 0 Å². The number of rotatable bonds is 4. The fourth-order valence-electron chi connectivity index (χ4n) is 5.68. The minimum atomic E-state index is -1.64. The van der Waals surface area contributed by atoms with Gasteiger partial charge < -0.3 is 15.1 Å². The monoisotopic (exact) mass is 452 g/mol. The van der Waals surface area contributed by atoms with Crippen LogP contribution in [0, 0.1) is 5.92 Å². The third-order valence-electron chi connectivity index (χ3n) is 7.33. The molecule has 5 rings (SSSR count). The number of anilines is 1. The van der Waals surface area contributed by atoms with Crippen molar-refractivity contribution in [3.8, 4) is 0 Å². The largest absolute Gasteiger partial charge is 0.339 e. The van der Waals surface area contributed by atoms with Gasteiger partial charge in [-0.15, -0.1) is 0 Å². The first-order valence-corrected chi connectivity index (χ1v) is 11.5. The molecule has 3 amide bonds. The van der Waals surface area contributed by atoms with Crippen LogP contribution in [-0.2, 0) is 19.8 Å². The summed E-state index contributed by atoms with van der Waals surface area (Å²) in [7, 11) is 0. The highest BCUT2D eigenvalue weighted by Crippen LogP contribution is 2.44. The summed E-state index contributed by atoms with van der Waals surface area (Å²) < 4.78 is 14.8. The second kappa shape index (κ2) is 7.50. The zero-order chi connectivity index (χ0) is 23.5. The first-order chi connectivity index (χ1) is 15.6. The Labute approximate surface area is 192 Å². The molecule has 0 radical (unpaired) electrons. The number of hydrogen-bond acceptors (Lipinski definition) is 4. The molecule has 0 bridgehead atoms. The predicted molar refractivity (Wildman–Crippen MR) is 123 cm³/mol. The molecule has 4 aliphatic rings. The fraction of sp³-hybridized carbons (Fsp3) is 0.520. The van der Waals surface area contributed by atoms with Crippen LogP contribution < -0.4 is 5.32 Å². The number of carbonyl (C=O) groups is 3. The highest BCUT2D eigenvalue weighted by atomic mass is 19.1. The number of dihydropyridines is 1. The molecule has 0 aromatic heterocycles. The van der Waals surface area contributed by atoms with Gasteiger partial charge in [-0.1, -0.05) is 24.3 Å². The highest BCUT2D eigenvalue weighted by Gasteiger charge is 2.54. The van der Waals surface area contributed by atoms with E-state index >= 15 is 0 Å². The summed E-state index contributed by atoms with van der Waals surface area (Å²) in [6.45, 7) is 5.64. The molecule has 1 aromatic rings. The zero-order valence-electron chi connectivity index (χ0n) is 19.2. The standard InChI is InChI=1S/C25H29FN4O3/c1-15-10-16-19(27-12-15)13-30(21(16)31)20(11-24(2,3)26)22(32)29-9-8-25(14-29)17-6-4-5-7-18(17)28-23(25)33/h4-7,10,12,16,19-20H,8-9,11,13-14H2,1-3H3,(H,28,33)/t16?,19?,20-,25-/m0/s1. The third-order valence-corrected chi connectivity index (χ3v) is 7.33. The van der Waals surface area contributed by atoms with Crippen molar-refractivity contribution in [1.82, 2.24) is 9.80 Å². The molecule has 2 fully saturated rings. The smallest absolute Gasteiger partial charge is 0.245 e. The number of amides is 3. The van der Waals surface area contributed by atoms with Gasteiger partial charge in [0.2, 0.25) is 17.7 Å². The number of benzene rings is 1. The Bertz CT molecular complexity index is 1090. The Morgan fingerprint density at radius 3 is 2.85 bits per heavy atom. The van der Waals surface area contributed by atoms with Crippen molar-refractivity contribution < 1.29 is 18.8 Å². The van der Waals surface area contributed by atoms with Crippen LogP contribution in [0.3, 0.4) is 0 Å². The van der Waals surface area contributed by atoms with E-state index in [0.29, 0.717) is 19.5 Å². The lowest BCUT2D eigenvalue weighted by molar-refractivity contribution is -0.145. The van der Waals surface area contributed by atoms with Gasteiger partial charge in [-0.2, -0.15) is 0 Å². The Morgan fingerprint density at radius 2 is 2.09 bits per heavy atom. The van der Waals surface area contributed by atoms with Crippen LogP contribution in [0.15, 0.2) is 40.9 Å². The number of nitrogens with zero attached hydrogens (tertiary/aromatic N) is 3. The van der Waals surface area contributed by atoms with E-state index in [1.807, 2.05) is 37.3 Å². The number of para-hydroxylation sites is 1. The number of allylic oxidation sites excluding steroid dienone is 1. The molecular weight excluding hydrogens is 423 g/mol. The second-order valence-electron chi connectivity index (χ2n) is 10.3. The van der Waals surface area contributed by atoms with E-state index in [9.17, 15) is 18.8 Å². The summed E-state index contributed by atoms with van der Waals surface area (Å²) in [4.78, 5) is 47.6. The van der Waals surface area contributed by atoms with E-state index < -0.39 is 23.0 Å². The number of fused-ring (bicyclic) bond motifs is 3. The molecule has 1 spiro atoms. The molecule has 8 heteroatoms. The number of halogens is 1. The van der Waals surface area contributed by atoms with E-state index in [1.165, 1.54) is 18.7 Å². The molecule has 0 aliphatic carbocycles. The molecule has 0 saturated carbocycles. The maximum absolute atomic E-state index is 14.8. The molecule has 2 unspecified atom stereocenters. The Morgan fingerprint density at radius 1 is 1.33 bits per heavy atom. The topological polar surface area (TPSA) is 82.1 Å². The lowest BCUT2D eigenvalue weighted by Crippen LogP contribution is -2.52. The Kier molecular flexibility index (Phi) is 4.95. The number of hydrogen-bond donors (Lipinski definition) is 1. The van der Waals surface area contributed by atoms with Crippen LogP contribution in [0.1, 0.15) is 39.2 Å². The second-order valence-corrected chi connectivity index (χ2v) is 10.3. The molecule has 174 valence electrons. The average Bonchev–Trinajstić information content (AvgIpc) is 3.42. The molecule has 4 heterocycles. The minimum absolute atomic E-state index is 0.101. The summed E-state index contributed by atoms with van der Waals surface area (Å²) in [5.41, 5.74) is 0.142. The van der Waals surface area contributed by atoms with Crippen molar-refractivity contribution in [2.45, 2.75) is 56.8 Å². The van der Waals surface area contributed by atoms with Gasteiger partial charge in [0.15, 0.2) is 0 Å². The van der Waals surface area contributed by atoms with Gasteiger partial charge in [-0.25, -0.2) is 4.39 Å². The van der Waals surface area contributed by atoms with Crippen molar-refractivity contribution in [1.29, 1.82) is 0 Å². The van der Waals surface area contributed by atoms with Gasteiger partial charge in [-0.05, 0) is 44.4 Å². The minimum Gasteiger partial charge on any atom is -0.339 e. The molecule has 4 atom stereocenters. The van der Waals surface area contributed by atoms with E-state index in [2.05, 4.69) is 10.3 Å². The van der Waals surface area contributed by atoms with Crippen LogP contribution >= 0.6 is 0 Å². The maximum atomic E-state index is 14.8. The van der Waals surface area contributed by atoms with Crippen LogP contribution in [-0.4, -0.2) is 71.1 Å². The average molecular weight is 453 g/mol. The van der Waals surface area contributed by atoms with Crippen LogP contribution in [0.25, 0.3) is 0 Å². The van der Waals surface area contributed by atoms with E-state index in [1.54, 1.807) is 11.1 Å². The summed E-state index contributed by atoms with van der Waals surface area (Å²) in [6, 6.07) is 6.36. The van der Waals surface area contributed by atoms with Crippen molar-refractivity contribution in [3.05, 3.63) is 41.5 Å². The Balaban J connectivity index is 1.42. The molecule has 7 nitrogen and oxygen atoms in total. The van der Waals surface area contributed by atoms with Gasteiger partial charge in [0.25, 0.3) is 0 Å². The summed E-state index contributed by atoms with van der Waals surface area (Å²) in [5.74, 6) is -1.01. The molecule has 1 aromatic carbocycles. The third kappa shape index (κ3) is 3.56. The van der Waals surface area contributed by atoms with Crippen LogP contribution in [0.5, 0.6) is 0 Å². The van der Waals surface area contributed by atoms with Crippen molar-refractivity contribution in [2.24, 2.45) is 10.9 Å². The Hall–Kier alpha value is -3.03. The number of aliphatic imine (C=N–C) groups is 1. The molecule has 2 saturated heterocycles. The number of carbonyl (C=O) groups excluding carboxylic acids is 3. The van der Waals surface area contributed by atoms with Crippen molar-refractivity contribution in [3.63, 3.8) is 0 Å². The van der Waals surface area contributed by atoms with E-state index in [-0.39, 0.29) is 36.7 Å². The summed E-state index contributed by atoms with van der Waals surface area (Å²) in [5, 5.41) is 2.93. The quantitative estimate of drug-likeness (QED) is 0.762. The van der Waals surface area contributed by atoms with Gasteiger partial charge in [-0.3, -0.25) is 19.4 Å². The number of nitrogens with one attached hydrogen (secondary N) is 1. The van der Waals surface area contributed by atoms with Gasteiger partial charge in [0, 0.05) is 38.0 Å². The molecule has 4 aliphatic heterocycles. The maximum Gasteiger partial charge on any atom is 0.245 e. The SMILES string of the molecule is CC1=CC2C(=O)N([C@@H](CC(C)(C)F)C(=O)N3CC[C@@]4(C3)C(=O)Nc3ccccc34)CC2N=C1. The first kappa shape index (κ1) is 21.8. The number of likely N-dealkylation sites (tertiary alicyclic amines) is 2. The number of alkyl halides is 1. The summed E-state index contributed by atoms with van der Waals surface area (Å²) in [6.07, 6.45) is 4.02. The lowest BCUT2D eigenvalue weighted by atomic mass is 9.81. The van der Waals surface area contributed by atoms with Gasteiger partial charge in [0.1, 0.15) is 11.7 Å². The van der Waals surface area contributed by atoms with E-state index in [0.717, 1.165) is 16.8 Å². The highest BCUT2D eigenvalue weighted by molar-refractivity contribution is 6.07.